The predicted molar refractivity (Wildman–Crippen MR) is 51.4 cm³/mol. The molecule has 14 heavy (non-hydrogen) atoms. The van der Waals surface area contributed by atoms with Crippen LogP contribution in [0.3, 0.4) is 0 Å². The molecule has 0 spiro atoms. The highest BCUT2D eigenvalue weighted by Gasteiger charge is 2.26. The summed E-state index contributed by atoms with van der Waals surface area (Å²) >= 11 is 0. The van der Waals surface area contributed by atoms with Crippen LogP contribution in [0.1, 0.15) is 17.3 Å². The first kappa shape index (κ1) is 9.12. The maximum absolute atomic E-state index is 12.5. The second-order valence-corrected chi connectivity index (χ2v) is 3.46. The van der Waals surface area contributed by atoms with E-state index in [1.165, 1.54) is 13.1 Å². The largest absolute Gasteiger partial charge is 0.351 e. The van der Waals surface area contributed by atoms with E-state index in [4.69, 9.17) is 0 Å². The third kappa shape index (κ3) is 1.60. The standard InChI is InChI=1S/C10H11FN2O/c1-7(14)8-2-3-10(12-4-8)13-5-9(11)6-13/h2-4,9H,5-6H2,1H3. The van der Waals surface area contributed by atoms with Crippen LogP contribution in [0.25, 0.3) is 0 Å². The Hall–Kier alpha value is -1.45. The molecule has 1 aromatic heterocycles. The van der Waals surface area contributed by atoms with Gasteiger partial charge in [-0.1, -0.05) is 0 Å². The Morgan fingerprint density at radius 1 is 1.57 bits per heavy atom. The lowest BCUT2D eigenvalue weighted by molar-refractivity contribution is 0.101. The molecule has 0 amide bonds. The smallest absolute Gasteiger partial charge is 0.161 e. The van der Waals surface area contributed by atoms with Crippen molar-refractivity contribution in [1.29, 1.82) is 0 Å². The molecule has 1 aliphatic rings. The monoisotopic (exact) mass is 194 g/mol. The second-order valence-electron chi connectivity index (χ2n) is 3.46. The van der Waals surface area contributed by atoms with Gasteiger partial charge in [0, 0.05) is 11.8 Å². The van der Waals surface area contributed by atoms with E-state index in [0.29, 0.717) is 18.7 Å². The number of Topliss-reactive ketones (excluding diaryl/α,β-unsaturated/α-hetero) is 1. The first-order chi connectivity index (χ1) is 6.66. The predicted octanol–water partition coefficient (Wildman–Crippen LogP) is 1.44. The molecular formula is C10H11FN2O. The highest BCUT2D eigenvalue weighted by Crippen LogP contribution is 2.20. The molecule has 3 nitrogen and oxygen atoms in total. The Kier molecular flexibility index (Phi) is 2.19. The maximum Gasteiger partial charge on any atom is 0.161 e. The van der Waals surface area contributed by atoms with E-state index in [1.807, 2.05) is 4.90 Å². The van der Waals surface area contributed by atoms with E-state index in [1.54, 1.807) is 12.1 Å². The van der Waals surface area contributed by atoms with Crippen molar-refractivity contribution in [2.75, 3.05) is 18.0 Å². The van der Waals surface area contributed by atoms with Crippen molar-refractivity contribution in [1.82, 2.24) is 4.98 Å². The number of carbonyl (C=O) groups is 1. The van der Waals surface area contributed by atoms with Crippen molar-refractivity contribution in [3.63, 3.8) is 0 Å². The molecule has 0 atom stereocenters. The molecule has 0 N–H and O–H groups in total. The van der Waals surface area contributed by atoms with Gasteiger partial charge in [0.25, 0.3) is 0 Å². The van der Waals surface area contributed by atoms with Crippen LogP contribution in [0.4, 0.5) is 10.2 Å². The zero-order valence-electron chi connectivity index (χ0n) is 7.90. The van der Waals surface area contributed by atoms with E-state index in [9.17, 15) is 9.18 Å². The molecule has 1 aliphatic heterocycles. The summed E-state index contributed by atoms with van der Waals surface area (Å²) in [6.45, 7) is 2.32. The van der Waals surface area contributed by atoms with Gasteiger partial charge in [0.15, 0.2) is 5.78 Å². The molecule has 2 rings (SSSR count). The van der Waals surface area contributed by atoms with Crippen LogP contribution in [-0.2, 0) is 0 Å². The summed E-state index contributed by atoms with van der Waals surface area (Å²) in [6.07, 6.45) is 0.799. The van der Waals surface area contributed by atoms with Gasteiger partial charge >= 0.3 is 0 Å². The van der Waals surface area contributed by atoms with E-state index < -0.39 is 6.17 Å². The third-order valence-electron chi connectivity index (χ3n) is 2.32. The van der Waals surface area contributed by atoms with Gasteiger partial charge in [-0.15, -0.1) is 0 Å². The maximum atomic E-state index is 12.5. The van der Waals surface area contributed by atoms with Gasteiger partial charge < -0.3 is 4.90 Å². The van der Waals surface area contributed by atoms with Gasteiger partial charge in [0.1, 0.15) is 12.0 Å². The number of anilines is 1. The fraction of sp³-hybridized carbons (Fsp3) is 0.400. The van der Waals surface area contributed by atoms with Crippen LogP contribution >= 0.6 is 0 Å². The average molecular weight is 194 g/mol. The van der Waals surface area contributed by atoms with E-state index >= 15 is 0 Å². The summed E-state index contributed by atoms with van der Waals surface area (Å²) in [5, 5.41) is 0. The van der Waals surface area contributed by atoms with Crippen molar-refractivity contribution in [3.8, 4) is 0 Å². The van der Waals surface area contributed by atoms with Crippen LogP contribution in [-0.4, -0.2) is 30.0 Å². The molecule has 0 radical (unpaired) electrons. The van der Waals surface area contributed by atoms with Crippen LogP contribution in [0.5, 0.6) is 0 Å². The van der Waals surface area contributed by atoms with Crippen LogP contribution in [0.2, 0.25) is 0 Å². The summed E-state index contributed by atoms with van der Waals surface area (Å²) in [6, 6.07) is 3.47. The fourth-order valence-electron chi connectivity index (χ4n) is 1.39. The number of ketones is 1. The number of hydrogen-bond acceptors (Lipinski definition) is 3. The Morgan fingerprint density at radius 2 is 2.29 bits per heavy atom. The SMILES string of the molecule is CC(=O)c1ccc(N2CC(F)C2)nc1. The zero-order chi connectivity index (χ0) is 10.1. The summed E-state index contributed by atoms with van der Waals surface area (Å²) in [7, 11) is 0. The summed E-state index contributed by atoms with van der Waals surface area (Å²) < 4.78 is 12.5. The molecule has 0 bridgehead atoms. The first-order valence-electron chi connectivity index (χ1n) is 4.53. The van der Waals surface area contributed by atoms with Crippen molar-refractivity contribution >= 4 is 11.6 Å². The van der Waals surface area contributed by atoms with Gasteiger partial charge in [0.05, 0.1) is 13.1 Å². The number of carbonyl (C=O) groups excluding carboxylic acids is 1. The zero-order valence-corrected chi connectivity index (χ0v) is 7.90. The number of nitrogens with zero attached hydrogens (tertiary/aromatic N) is 2. The average Bonchev–Trinajstić information content (AvgIpc) is 2.13. The van der Waals surface area contributed by atoms with Crippen LogP contribution in [0, 0.1) is 0 Å². The number of hydrogen-bond donors (Lipinski definition) is 0. The summed E-state index contributed by atoms with van der Waals surface area (Å²) in [4.78, 5) is 16.9. The minimum atomic E-state index is -0.732. The normalized spacial score (nSPS) is 16.6. The number of aromatic nitrogens is 1. The van der Waals surface area contributed by atoms with Crippen molar-refractivity contribution < 1.29 is 9.18 Å². The lowest BCUT2D eigenvalue weighted by atomic mass is 10.1. The number of halogens is 1. The second kappa shape index (κ2) is 3.36. The van der Waals surface area contributed by atoms with Gasteiger partial charge in [-0.3, -0.25) is 4.79 Å². The van der Waals surface area contributed by atoms with E-state index in [2.05, 4.69) is 4.98 Å². The van der Waals surface area contributed by atoms with Gasteiger partial charge in [-0.05, 0) is 19.1 Å². The lowest BCUT2D eigenvalue weighted by Gasteiger charge is -2.35. The Bertz CT molecular complexity index is 344. The molecule has 1 saturated heterocycles. The molecule has 74 valence electrons. The highest BCUT2D eigenvalue weighted by atomic mass is 19.1. The van der Waals surface area contributed by atoms with E-state index in [0.717, 1.165) is 5.82 Å². The van der Waals surface area contributed by atoms with Crippen LogP contribution in [0.15, 0.2) is 18.3 Å². The van der Waals surface area contributed by atoms with Gasteiger partial charge in [-0.2, -0.15) is 0 Å². The molecule has 0 aromatic carbocycles. The van der Waals surface area contributed by atoms with E-state index in [-0.39, 0.29) is 5.78 Å². The highest BCUT2D eigenvalue weighted by molar-refractivity contribution is 5.93. The molecule has 4 heteroatoms. The molecule has 2 heterocycles. The van der Waals surface area contributed by atoms with Gasteiger partial charge in [-0.25, -0.2) is 9.37 Å². The molecular weight excluding hydrogens is 183 g/mol. The quantitative estimate of drug-likeness (QED) is 0.668. The minimum absolute atomic E-state index is 0.00368. The fourth-order valence-corrected chi connectivity index (χ4v) is 1.39. The Balaban J connectivity index is 2.10. The first-order valence-corrected chi connectivity index (χ1v) is 4.53. The van der Waals surface area contributed by atoms with Crippen LogP contribution < -0.4 is 4.90 Å². The third-order valence-corrected chi connectivity index (χ3v) is 2.32. The Labute approximate surface area is 81.6 Å². The summed E-state index contributed by atoms with van der Waals surface area (Å²) in [5.41, 5.74) is 0.589. The topological polar surface area (TPSA) is 33.2 Å². The van der Waals surface area contributed by atoms with Crippen molar-refractivity contribution in [3.05, 3.63) is 23.9 Å². The Morgan fingerprint density at radius 3 is 2.71 bits per heavy atom. The van der Waals surface area contributed by atoms with Crippen molar-refractivity contribution in [2.24, 2.45) is 0 Å². The lowest BCUT2D eigenvalue weighted by Crippen LogP contribution is -2.48. The molecule has 1 fully saturated rings. The molecule has 1 aromatic rings. The number of rotatable bonds is 2. The molecule has 0 saturated carbocycles. The molecule has 0 aliphatic carbocycles. The van der Waals surface area contributed by atoms with Gasteiger partial charge in [0.2, 0.25) is 0 Å². The summed E-state index contributed by atoms with van der Waals surface area (Å²) in [5.74, 6) is 0.736. The van der Waals surface area contributed by atoms with Crippen molar-refractivity contribution in [2.45, 2.75) is 13.1 Å². The minimum Gasteiger partial charge on any atom is -0.351 e. The molecule has 0 unspecified atom stereocenters. The number of alkyl halides is 1. The number of pyridine rings is 1.